The highest BCUT2D eigenvalue weighted by molar-refractivity contribution is 7.89. The lowest BCUT2D eigenvalue weighted by Gasteiger charge is -2.61. The number of fused-ring (bicyclic) bond motifs is 1. The Morgan fingerprint density at radius 2 is 1.34 bits per heavy atom. The Morgan fingerprint density at radius 3 is 1.97 bits per heavy atom. The third kappa shape index (κ3) is 2.96. The molecule has 0 atom stereocenters. The molecule has 1 aliphatic heterocycles. The zero-order chi connectivity index (χ0) is 19.6. The van der Waals surface area contributed by atoms with Crippen LogP contribution in [0.15, 0.2) is 47.4 Å². The van der Waals surface area contributed by atoms with E-state index in [0.717, 1.165) is 41.6 Å². The van der Waals surface area contributed by atoms with Crippen LogP contribution in [0.1, 0.15) is 38.5 Å². The molecule has 1 saturated heterocycles. The van der Waals surface area contributed by atoms with Crippen molar-refractivity contribution in [2.45, 2.75) is 49.0 Å². The first-order valence-electron chi connectivity index (χ1n) is 11.3. The van der Waals surface area contributed by atoms with Crippen LogP contribution in [0.2, 0.25) is 0 Å². The van der Waals surface area contributed by atoms with Gasteiger partial charge in [0.15, 0.2) is 0 Å². The molecule has 0 spiro atoms. The second kappa shape index (κ2) is 6.53. The molecule has 0 N–H and O–H groups in total. The molecule has 5 fully saturated rings. The van der Waals surface area contributed by atoms with E-state index in [0.29, 0.717) is 23.5 Å². The van der Waals surface area contributed by atoms with Gasteiger partial charge in [0.25, 0.3) is 0 Å². The van der Waals surface area contributed by atoms with E-state index in [9.17, 15) is 8.42 Å². The van der Waals surface area contributed by atoms with Gasteiger partial charge >= 0.3 is 0 Å². The third-order valence-electron chi connectivity index (χ3n) is 8.27. The van der Waals surface area contributed by atoms with Crippen LogP contribution >= 0.6 is 0 Å². The predicted molar refractivity (Wildman–Crippen MR) is 115 cm³/mol. The zero-order valence-electron chi connectivity index (χ0n) is 17.0. The van der Waals surface area contributed by atoms with Crippen LogP contribution in [0, 0.1) is 17.8 Å². The molecule has 29 heavy (non-hydrogen) atoms. The summed E-state index contributed by atoms with van der Waals surface area (Å²) in [4.78, 5) is 3.11. The molecule has 0 radical (unpaired) electrons. The van der Waals surface area contributed by atoms with Crippen molar-refractivity contribution >= 4 is 20.8 Å². The summed E-state index contributed by atoms with van der Waals surface area (Å²) in [5.41, 5.74) is 0.382. The summed E-state index contributed by atoms with van der Waals surface area (Å²) in [6, 6.07) is 13.5. The molecule has 4 aliphatic carbocycles. The molecule has 2 aromatic carbocycles. The largest absolute Gasteiger partial charge is 0.295 e. The van der Waals surface area contributed by atoms with Crippen molar-refractivity contribution in [3.8, 4) is 0 Å². The van der Waals surface area contributed by atoms with Gasteiger partial charge in [-0.3, -0.25) is 4.90 Å². The van der Waals surface area contributed by atoms with Gasteiger partial charge in [0.1, 0.15) is 0 Å². The molecule has 7 rings (SSSR count). The van der Waals surface area contributed by atoms with Crippen LogP contribution in [-0.2, 0) is 10.0 Å². The molecule has 0 unspecified atom stereocenters. The molecule has 4 saturated carbocycles. The Hall–Kier alpha value is -1.43. The van der Waals surface area contributed by atoms with Gasteiger partial charge in [-0.25, -0.2) is 8.42 Å². The molecular weight excluding hydrogens is 380 g/mol. The minimum absolute atomic E-state index is 0.382. The SMILES string of the molecule is O=S(=O)(c1ccc2ccccc2c1)N1CCN(C23CC4CC(CC(C4)C2)C3)CC1. The van der Waals surface area contributed by atoms with Crippen molar-refractivity contribution in [3.63, 3.8) is 0 Å². The third-order valence-corrected chi connectivity index (χ3v) is 10.2. The number of benzene rings is 2. The maximum atomic E-state index is 13.3. The maximum Gasteiger partial charge on any atom is 0.243 e. The molecule has 5 aliphatic rings. The molecular formula is C24H30N2O2S. The molecule has 2 aromatic rings. The van der Waals surface area contributed by atoms with Gasteiger partial charge in [0.2, 0.25) is 10.0 Å². The van der Waals surface area contributed by atoms with Crippen molar-refractivity contribution < 1.29 is 8.42 Å². The van der Waals surface area contributed by atoms with Crippen LogP contribution in [0.5, 0.6) is 0 Å². The Morgan fingerprint density at radius 1 is 0.759 bits per heavy atom. The second-order valence-electron chi connectivity index (χ2n) is 10.0. The van der Waals surface area contributed by atoms with Crippen molar-refractivity contribution in [2.24, 2.45) is 17.8 Å². The first kappa shape index (κ1) is 18.3. The smallest absolute Gasteiger partial charge is 0.243 e. The summed E-state index contributed by atoms with van der Waals surface area (Å²) in [5.74, 6) is 2.79. The second-order valence-corrected chi connectivity index (χ2v) is 12.0. The fourth-order valence-corrected chi connectivity index (χ4v) is 8.79. The normalized spacial score (nSPS) is 35.4. The highest BCUT2D eigenvalue weighted by Gasteiger charge is 2.53. The minimum atomic E-state index is -3.43. The van der Waals surface area contributed by atoms with Crippen molar-refractivity contribution in [3.05, 3.63) is 42.5 Å². The molecule has 0 aromatic heterocycles. The first-order chi connectivity index (χ1) is 14.0. The predicted octanol–water partition coefficient (Wildman–Crippen LogP) is 4.11. The van der Waals surface area contributed by atoms with Gasteiger partial charge in [0.05, 0.1) is 4.90 Å². The lowest BCUT2D eigenvalue weighted by atomic mass is 9.52. The molecule has 5 heteroatoms. The standard InChI is InChI=1S/C24H30N2O2S/c27-29(28,23-6-5-21-3-1-2-4-22(21)14-23)26-9-7-25(8-10-26)24-15-18-11-19(16-24)13-20(12-18)17-24/h1-6,14,18-20H,7-13,15-17H2. The van der Waals surface area contributed by atoms with Crippen LogP contribution in [0.25, 0.3) is 10.8 Å². The number of nitrogens with zero attached hydrogens (tertiary/aromatic N) is 2. The van der Waals surface area contributed by atoms with Gasteiger partial charge in [-0.15, -0.1) is 0 Å². The number of piperazine rings is 1. The Kier molecular flexibility index (Phi) is 4.13. The van der Waals surface area contributed by atoms with Gasteiger partial charge < -0.3 is 0 Å². The average molecular weight is 411 g/mol. The monoisotopic (exact) mass is 410 g/mol. The average Bonchev–Trinajstić information content (AvgIpc) is 2.72. The van der Waals surface area contributed by atoms with Crippen LogP contribution < -0.4 is 0 Å². The minimum Gasteiger partial charge on any atom is -0.295 e. The first-order valence-corrected chi connectivity index (χ1v) is 12.7. The van der Waals surface area contributed by atoms with Gasteiger partial charge in [-0.1, -0.05) is 30.3 Å². The number of hydrogen-bond donors (Lipinski definition) is 0. The Bertz CT molecular complexity index is 1000. The van der Waals surface area contributed by atoms with E-state index >= 15 is 0 Å². The number of sulfonamides is 1. The van der Waals surface area contributed by atoms with E-state index in [1.165, 1.54) is 38.5 Å². The van der Waals surface area contributed by atoms with Gasteiger partial charge in [-0.05, 0) is 79.2 Å². The summed E-state index contributed by atoms with van der Waals surface area (Å²) in [6.07, 6.45) is 8.43. The van der Waals surface area contributed by atoms with E-state index in [2.05, 4.69) is 4.90 Å². The maximum absolute atomic E-state index is 13.3. The van der Waals surface area contributed by atoms with Crippen molar-refractivity contribution in [1.82, 2.24) is 9.21 Å². The van der Waals surface area contributed by atoms with E-state index in [4.69, 9.17) is 0 Å². The highest BCUT2D eigenvalue weighted by Crippen LogP contribution is 2.57. The van der Waals surface area contributed by atoms with Gasteiger partial charge in [-0.2, -0.15) is 4.31 Å². The van der Waals surface area contributed by atoms with Crippen molar-refractivity contribution in [2.75, 3.05) is 26.2 Å². The lowest BCUT2D eigenvalue weighted by Crippen LogP contribution is -2.64. The number of hydrogen-bond acceptors (Lipinski definition) is 3. The topological polar surface area (TPSA) is 40.6 Å². The van der Waals surface area contributed by atoms with Gasteiger partial charge in [0, 0.05) is 31.7 Å². The summed E-state index contributed by atoms with van der Waals surface area (Å²) in [6.45, 7) is 3.02. The van der Waals surface area contributed by atoms with E-state index in [1.54, 1.807) is 10.4 Å². The van der Waals surface area contributed by atoms with Crippen molar-refractivity contribution in [1.29, 1.82) is 0 Å². The van der Waals surface area contributed by atoms with E-state index in [1.807, 2.05) is 36.4 Å². The Labute approximate surface area is 173 Å². The molecule has 154 valence electrons. The molecule has 4 nitrogen and oxygen atoms in total. The van der Waals surface area contributed by atoms with E-state index in [-0.39, 0.29) is 0 Å². The van der Waals surface area contributed by atoms with Crippen LogP contribution in [0.4, 0.5) is 0 Å². The van der Waals surface area contributed by atoms with E-state index < -0.39 is 10.0 Å². The molecule has 4 bridgehead atoms. The quantitative estimate of drug-likeness (QED) is 0.764. The molecule has 0 amide bonds. The lowest BCUT2D eigenvalue weighted by molar-refractivity contribution is -0.0964. The zero-order valence-corrected chi connectivity index (χ0v) is 17.8. The fourth-order valence-electron chi connectivity index (χ4n) is 7.33. The summed E-state index contributed by atoms with van der Waals surface area (Å²) in [5, 5.41) is 2.07. The van der Waals surface area contributed by atoms with Crippen LogP contribution in [-0.4, -0.2) is 49.3 Å². The summed E-state index contributed by atoms with van der Waals surface area (Å²) < 4.78 is 28.3. The number of rotatable bonds is 3. The Balaban J connectivity index is 1.20. The fraction of sp³-hybridized carbons (Fsp3) is 0.583. The highest BCUT2D eigenvalue weighted by atomic mass is 32.2. The summed E-state index contributed by atoms with van der Waals surface area (Å²) >= 11 is 0. The summed E-state index contributed by atoms with van der Waals surface area (Å²) in [7, 11) is -3.43. The molecule has 1 heterocycles. The van der Waals surface area contributed by atoms with Crippen LogP contribution in [0.3, 0.4) is 0 Å².